The average Bonchev–Trinajstić information content (AvgIpc) is 2.83. The van der Waals surface area contributed by atoms with E-state index in [2.05, 4.69) is 11.1 Å². The topological polar surface area (TPSA) is 53.1 Å². The minimum atomic E-state index is 0.555. The molecule has 0 amide bonds. The number of oxazole rings is 1. The van der Waals surface area contributed by atoms with Gasteiger partial charge in [0.05, 0.1) is 12.2 Å². The maximum atomic E-state index is 8.15. The number of hydrogen-bond donors (Lipinski definition) is 1. The predicted octanol–water partition coefficient (Wildman–Crippen LogP) is 2.63. The summed E-state index contributed by atoms with van der Waals surface area (Å²) < 4.78 is 5.57. The van der Waals surface area contributed by atoms with Crippen LogP contribution in [0, 0.1) is 19.3 Å². The van der Waals surface area contributed by atoms with Gasteiger partial charge in [-0.15, -0.1) is 0 Å². The standard InChI is InChI=1S/C14H15N3O/c1-9-10(2)18-13(16-9)8-17-7-11-5-3-4-6-12(11)14(17)15/h3-6,15H,7-8H2,1-2H3. The second kappa shape index (κ2) is 3.98. The van der Waals surface area contributed by atoms with Crippen LogP contribution < -0.4 is 0 Å². The van der Waals surface area contributed by atoms with Gasteiger partial charge in [0.1, 0.15) is 11.6 Å². The first-order valence-corrected chi connectivity index (χ1v) is 6.00. The van der Waals surface area contributed by atoms with Crippen LogP contribution in [0.4, 0.5) is 0 Å². The minimum Gasteiger partial charge on any atom is -0.444 e. The van der Waals surface area contributed by atoms with Crippen LogP contribution in [-0.4, -0.2) is 15.7 Å². The SMILES string of the molecule is Cc1nc(CN2Cc3ccccc3C2=N)oc1C. The number of amidine groups is 1. The second-order valence-corrected chi connectivity index (χ2v) is 4.61. The van der Waals surface area contributed by atoms with Crippen molar-refractivity contribution in [3.05, 3.63) is 52.7 Å². The highest BCUT2D eigenvalue weighted by atomic mass is 16.4. The van der Waals surface area contributed by atoms with E-state index in [4.69, 9.17) is 9.83 Å². The van der Waals surface area contributed by atoms with Crippen molar-refractivity contribution in [3.8, 4) is 0 Å². The summed E-state index contributed by atoms with van der Waals surface area (Å²) in [6, 6.07) is 8.03. The number of aryl methyl sites for hydroxylation is 2. The van der Waals surface area contributed by atoms with Gasteiger partial charge in [-0.05, 0) is 19.4 Å². The molecular formula is C14H15N3O. The number of rotatable bonds is 2. The summed E-state index contributed by atoms with van der Waals surface area (Å²) in [5.74, 6) is 2.09. The van der Waals surface area contributed by atoms with Gasteiger partial charge in [0.25, 0.3) is 0 Å². The minimum absolute atomic E-state index is 0.555. The molecule has 0 bridgehead atoms. The Hall–Kier alpha value is -2.10. The van der Waals surface area contributed by atoms with E-state index in [1.807, 2.05) is 36.9 Å². The zero-order valence-electron chi connectivity index (χ0n) is 10.5. The molecule has 0 atom stereocenters. The van der Waals surface area contributed by atoms with E-state index in [1.165, 1.54) is 5.56 Å². The van der Waals surface area contributed by atoms with Gasteiger partial charge >= 0.3 is 0 Å². The number of hydrogen-bond acceptors (Lipinski definition) is 3. The third-order valence-electron chi connectivity index (χ3n) is 3.35. The number of nitrogens with zero attached hydrogens (tertiary/aromatic N) is 2. The molecule has 0 unspecified atom stereocenters. The third kappa shape index (κ3) is 1.70. The fraction of sp³-hybridized carbons (Fsp3) is 0.286. The fourth-order valence-corrected chi connectivity index (χ4v) is 2.25. The third-order valence-corrected chi connectivity index (χ3v) is 3.35. The summed E-state index contributed by atoms with van der Waals surface area (Å²) in [6.07, 6.45) is 0. The van der Waals surface area contributed by atoms with Crippen LogP contribution in [0.25, 0.3) is 0 Å². The Bertz CT molecular complexity index is 596. The van der Waals surface area contributed by atoms with E-state index in [9.17, 15) is 0 Å². The van der Waals surface area contributed by atoms with Crippen molar-refractivity contribution in [2.24, 2.45) is 0 Å². The highest BCUT2D eigenvalue weighted by Crippen LogP contribution is 2.24. The van der Waals surface area contributed by atoms with Gasteiger partial charge in [0.2, 0.25) is 5.89 Å². The Labute approximate surface area is 106 Å². The smallest absolute Gasteiger partial charge is 0.214 e. The van der Waals surface area contributed by atoms with Gasteiger partial charge in [-0.3, -0.25) is 5.41 Å². The van der Waals surface area contributed by atoms with E-state index in [-0.39, 0.29) is 0 Å². The molecule has 3 rings (SSSR count). The lowest BCUT2D eigenvalue weighted by Crippen LogP contribution is -2.23. The molecule has 2 aromatic rings. The van der Waals surface area contributed by atoms with Gasteiger partial charge in [0.15, 0.2) is 0 Å². The van der Waals surface area contributed by atoms with Crippen LogP contribution in [0.5, 0.6) is 0 Å². The fourth-order valence-electron chi connectivity index (χ4n) is 2.25. The van der Waals surface area contributed by atoms with Crippen molar-refractivity contribution in [2.75, 3.05) is 0 Å². The molecule has 0 saturated carbocycles. The summed E-state index contributed by atoms with van der Waals surface area (Å²) in [5, 5.41) is 8.15. The zero-order chi connectivity index (χ0) is 12.7. The summed E-state index contributed by atoms with van der Waals surface area (Å²) in [6.45, 7) is 5.17. The van der Waals surface area contributed by atoms with Gasteiger partial charge in [0, 0.05) is 12.1 Å². The first-order valence-electron chi connectivity index (χ1n) is 6.00. The van der Waals surface area contributed by atoms with Crippen LogP contribution in [0.2, 0.25) is 0 Å². The van der Waals surface area contributed by atoms with Crippen molar-refractivity contribution in [1.29, 1.82) is 5.41 Å². The summed E-state index contributed by atoms with van der Waals surface area (Å²) in [4.78, 5) is 6.35. The highest BCUT2D eigenvalue weighted by molar-refractivity contribution is 6.00. The molecule has 0 radical (unpaired) electrons. The lowest BCUT2D eigenvalue weighted by Gasteiger charge is -2.15. The van der Waals surface area contributed by atoms with Crippen molar-refractivity contribution in [1.82, 2.24) is 9.88 Å². The Morgan fingerprint density at radius 3 is 2.78 bits per heavy atom. The van der Waals surface area contributed by atoms with Crippen LogP contribution in [0.3, 0.4) is 0 Å². The van der Waals surface area contributed by atoms with Gasteiger partial charge in [-0.25, -0.2) is 4.98 Å². The molecule has 1 N–H and O–H groups in total. The van der Waals surface area contributed by atoms with Gasteiger partial charge in [-0.2, -0.15) is 0 Å². The Morgan fingerprint density at radius 2 is 2.11 bits per heavy atom. The molecule has 0 fully saturated rings. The summed E-state index contributed by atoms with van der Waals surface area (Å²) in [7, 11) is 0. The zero-order valence-corrected chi connectivity index (χ0v) is 10.5. The van der Waals surface area contributed by atoms with E-state index in [0.29, 0.717) is 18.3 Å². The molecule has 0 saturated heterocycles. The maximum absolute atomic E-state index is 8.15. The first kappa shape index (κ1) is 11.0. The first-order chi connectivity index (χ1) is 8.65. The number of nitrogens with one attached hydrogen (secondary N) is 1. The average molecular weight is 241 g/mol. The Kier molecular flexibility index (Phi) is 2.44. The number of fused-ring (bicyclic) bond motifs is 1. The quantitative estimate of drug-likeness (QED) is 0.879. The number of benzene rings is 1. The van der Waals surface area contributed by atoms with E-state index in [0.717, 1.165) is 23.6 Å². The maximum Gasteiger partial charge on any atom is 0.214 e. The van der Waals surface area contributed by atoms with Crippen LogP contribution in [0.15, 0.2) is 28.7 Å². The Balaban J connectivity index is 1.83. The lowest BCUT2D eigenvalue weighted by atomic mass is 10.1. The molecule has 2 heterocycles. The molecule has 1 aliphatic rings. The van der Waals surface area contributed by atoms with Crippen molar-refractivity contribution in [2.45, 2.75) is 26.9 Å². The van der Waals surface area contributed by atoms with Crippen LogP contribution in [0.1, 0.15) is 28.5 Å². The number of aromatic nitrogens is 1. The van der Waals surface area contributed by atoms with E-state index >= 15 is 0 Å². The molecule has 1 aromatic carbocycles. The lowest BCUT2D eigenvalue weighted by molar-refractivity contribution is 0.350. The van der Waals surface area contributed by atoms with Crippen LogP contribution >= 0.6 is 0 Å². The van der Waals surface area contributed by atoms with Crippen LogP contribution in [-0.2, 0) is 13.1 Å². The molecule has 18 heavy (non-hydrogen) atoms. The molecular weight excluding hydrogens is 226 g/mol. The van der Waals surface area contributed by atoms with Gasteiger partial charge in [-0.1, -0.05) is 24.3 Å². The van der Waals surface area contributed by atoms with Gasteiger partial charge < -0.3 is 9.32 Å². The molecule has 4 heteroatoms. The molecule has 0 aliphatic carbocycles. The summed E-state index contributed by atoms with van der Waals surface area (Å²) >= 11 is 0. The van der Waals surface area contributed by atoms with Crippen molar-refractivity contribution >= 4 is 5.84 Å². The van der Waals surface area contributed by atoms with E-state index < -0.39 is 0 Å². The van der Waals surface area contributed by atoms with Crippen molar-refractivity contribution in [3.63, 3.8) is 0 Å². The molecule has 0 spiro atoms. The molecule has 1 aliphatic heterocycles. The monoisotopic (exact) mass is 241 g/mol. The molecule has 92 valence electrons. The molecule has 4 nitrogen and oxygen atoms in total. The predicted molar refractivity (Wildman–Crippen MR) is 68.5 cm³/mol. The van der Waals surface area contributed by atoms with E-state index in [1.54, 1.807) is 0 Å². The largest absolute Gasteiger partial charge is 0.444 e. The molecule has 1 aromatic heterocycles. The normalized spacial score (nSPS) is 14.1. The second-order valence-electron chi connectivity index (χ2n) is 4.61. The Morgan fingerprint density at radius 1 is 1.33 bits per heavy atom. The summed E-state index contributed by atoms with van der Waals surface area (Å²) in [5.41, 5.74) is 3.13. The van der Waals surface area contributed by atoms with Crippen molar-refractivity contribution < 1.29 is 4.42 Å². The highest BCUT2D eigenvalue weighted by Gasteiger charge is 2.24.